The van der Waals surface area contributed by atoms with Crippen molar-refractivity contribution in [2.75, 3.05) is 6.54 Å². The number of benzene rings is 1. The number of hydrogen-bond donors (Lipinski definition) is 1. The maximum Gasteiger partial charge on any atom is 0.0702 e. The lowest BCUT2D eigenvalue weighted by molar-refractivity contribution is 0.452. The minimum Gasteiger partial charge on any atom is -0.330 e. The van der Waals surface area contributed by atoms with E-state index in [0.29, 0.717) is 0 Å². The average Bonchev–Trinajstić information content (AvgIpc) is 2.88. The molecule has 3 rings (SSSR count). The first-order chi connectivity index (χ1) is 8.34. The largest absolute Gasteiger partial charge is 0.330 e. The molecule has 1 aromatic heterocycles. The summed E-state index contributed by atoms with van der Waals surface area (Å²) in [5, 5.41) is 1.23. The van der Waals surface area contributed by atoms with E-state index in [-0.39, 0.29) is 5.41 Å². The van der Waals surface area contributed by atoms with Crippen molar-refractivity contribution in [3.05, 3.63) is 42.1 Å². The van der Waals surface area contributed by atoms with Crippen LogP contribution in [-0.4, -0.2) is 11.5 Å². The molecule has 1 heterocycles. The van der Waals surface area contributed by atoms with Crippen LogP contribution in [0.1, 0.15) is 31.2 Å². The zero-order valence-electron chi connectivity index (χ0n) is 10.0. The fourth-order valence-electron chi connectivity index (χ4n) is 3.02. The molecule has 88 valence electrons. The van der Waals surface area contributed by atoms with Crippen molar-refractivity contribution in [3.63, 3.8) is 0 Å². The maximum absolute atomic E-state index is 6.02. The van der Waals surface area contributed by atoms with Gasteiger partial charge in [-0.1, -0.05) is 31.0 Å². The Kier molecular flexibility index (Phi) is 2.60. The maximum atomic E-state index is 6.02. The highest BCUT2D eigenvalue weighted by Crippen LogP contribution is 2.40. The van der Waals surface area contributed by atoms with E-state index < -0.39 is 0 Å². The molecular weight excluding hydrogens is 208 g/mol. The Morgan fingerprint density at radius 2 is 1.94 bits per heavy atom. The van der Waals surface area contributed by atoms with Gasteiger partial charge in [-0.25, -0.2) is 0 Å². The molecule has 0 unspecified atom stereocenters. The van der Waals surface area contributed by atoms with Gasteiger partial charge in [-0.05, 0) is 30.5 Å². The van der Waals surface area contributed by atoms with Crippen molar-refractivity contribution in [3.8, 4) is 0 Å². The van der Waals surface area contributed by atoms with Gasteiger partial charge in [-0.15, -0.1) is 0 Å². The Labute approximate surface area is 102 Å². The number of pyridine rings is 1. The lowest BCUT2D eigenvalue weighted by Gasteiger charge is -2.27. The Morgan fingerprint density at radius 3 is 2.71 bits per heavy atom. The normalized spacial score (nSPS) is 18.6. The predicted octanol–water partition coefficient (Wildman–Crippen LogP) is 3.01. The molecule has 0 radical (unpaired) electrons. The van der Waals surface area contributed by atoms with E-state index >= 15 is 0 Å². The van der Waals surface area contributed by atoms with Crippen LogP contribution in [0.3, 0.4) is 0 Å². The zero-order chi connectivity index (χ0) is 11.7. The number of fused-ring (bicyclic) bond motifs is 1. The molecule has 1 fully saturated rings. The minimum atomic E-state index is 0.191. The van der Waals surface area contributed by atoms with E-state index in [1.54, 1.807) is 0 Å². The van der Waals surface area contributed by atoms with Gasteiger partial charge >= 0.3 is 0 Å². The molecule has 2 heteroatoms. The molecule has 0 atom stereocenters. The molecule has 2 N–H and O–H groups in total. The number of nitrogens with two attached hydrogens (primary N) is 1. The number of rotatable bonds is 2. The first kappa shape index (κ1) is 10.7. The third kappa shape index (κ3) is 1.73. The molecule has 17 heavy (non-hydrogen) atoms. The first-order valence-corrected chi connectivity index (χ1v) is 6.39. The summed E-state index contributed by atoms with van der Waals surface area (Å²) >= 11 is 0. The van der Waals surface area contributed by atoms with E-state index in [1.165, 1.54) is 36.6 Å². The first-order valence-electron chi connectivity index (χ1n) is 6.39. The molecule has 2 aromatic rings. The van der Waals surface area contributed by atoms with Crippen LogP contribution in [0.5, 0.6) is 0 Å². The van der Waals surface area contributed by atoms with Gasteiger partial charge < -0.3 is 5.73 Å². The van der Waals surface area contributed by atoms with Crippen molar-refractivity contribution < 1.29 is 0 Å². The second-order valence-corrected chi connectivity index (χ2v) is 5.11. The van der Waals surface area contributed by atoms with Crippen LogP contribution < -0.4 is 5.73 Å². The SMILES string of the molecule is NCC1(c2cnc3ccccc3c2)CCCC1. The lowest BCUT2D eigenvalue weighted by Crippen LogP contribution is -2.32. The van der Waals surface area contributed by atoms with Gasteiger partial charge in [0.05, 0.1) is 5.52 Å². The summed E-state index contributed by atoms with van der Waals surface area (Å²) in [5.41, 5.74) is 8.61. The standard InChI is InChI=1S/C15H18N2/c16-11-15(7-3-4-8-15)13-9-12-5-1-2-6-14(12)17-10-13/h1-2,5-6,9-10H,3-4,7-8,11,16H2. The minimum absolute atomic E-state index is 0.191. The second kappa shape index (κ2) is 4.11. The van der Waals surface area contributed by atoms with Gasteiger partial charge in [-0.2, -0.15) is 0 Å². The van der Waals surface area contributed by atoms with Gasteiger partial charge in [0.2, 0.25) is 0 Å². The van der Waals surface area contributed by atoms with Gasteiger partial charge in [0.15, 0.2) is 0 Å². The highest BCUT2D eigenvalue weighted by Gasteiger charge is 2.34. The van der Waals surface area contributed by atoms with Crippen LogP contribution in [0.2, 0.25) is 0 Å². The molecule has 1 saturated carbocycles. The predicted molar refractivity (Wildman–Crippen MR) is 70.9 cm³/mol. The van der Waals surface area contributed by atoms with Crippen LogP contribution in [-0.2, 0) is 5.41 Å². The Balaban J connectivity index is 2.10. The van der Waals surface area contributed by atoms with Crippen LogP contribution in [0.25, 0.3) is 10.9 Å². The summed E-state index contributed by atoms with van der Waals surface area (Å²) in [7, 11) is 0. The van der Waals surface area contributed by atoms with Crippen molar-refractivity contribution >= 4 is 10.9 Å². The highest BCUT2D eigenvalue weighted by molar-refractivity contribution is 5.79. The van der Waals surface area contributed by atoms with Gasteiger partial charge in [0, 0.05) is 23.5 Å². The van der Waals surface area contributed by atoms with E-state index in [9.17, 15) is 0 Å². The third-order valence-electron chi connectivity index (χ3n) is 4.15. The monoisotopic (exact) mass is 226 g/mol. The molecule has 0 spiro atoms. The topological polar surface area (TPSA) is 38.9 Å². The number of para-hydroxylation sites is 1. The molecule has 1 aliphatic rings. The van der Waals surface area contributed by atoms with Crippen molar-refractivity contribution in [2.24, 2.45) is 5.73 Å². The summed E-state index contributed by atoms with van der Waals surface area (Å²) in [6.45, 7) is 0.743. The summed E-state index contributed by atoms with van der Waals surface area (Å²) in [6.07, 6.45) is 7.04. The van der Waals surface area contributed by atoms with Gasteiger partial charge in [0.1, 0.15) is 0 Å². The van der Waals surface area contributed by atoms with Crippen molar-refractivity contribution in [1.82, 2.24) is 4.98 Å². The number of aromatic nitrogens is 1. The second-order valence-electron chi connectivity index (χ2n) is 5.11. The van der Waals surface area contributed by atoms with E-state index in [2.05, 4.69) is 29.2 Å². The molecule has 0 amide bonds. The van der Waals surface area contributed by atoms with Crippen molar-refractivity contribution in [1.29, 1.82) is 0 Å². The molecule has 1 aromatic carbocycles. The van der Waals surface area contributed by atoms with Crippen LogP contribution >= 0.6 is 0 Å². The fraction of sp³-hybridized carbons (Fsp3) is 0.400. The van der Waals surface area contributed by atoms with Crippen molar-refractivity contribution in [2.45, 2.75) is 31.1 Å². The lowest BCUT2D eigenvalue weighted by atomic mass is 9.79. The number of nitrogens with zero attached hydrogens (tertiary/aromatic N) is 1. The molecule has 0 aliphatic heterocycles. The van der Waals surface area contributed by atoms with E-state index in [0.717, 1.165) is 12.1 Å². The summed E-state index contributed by atoms with van der Waals surface area (Å²) in [6, 6.07) is 10.6. The number of hydrogen-bond acceptors (Lipinski definition) is 2. The Hall–Kier alpha value is -1.41. The van der Waals surface area contributed by atoms with Gasteiger partial charge in [0.25, 0.3) is 0 Å². The van der Waals surface area contributed by atoms with Gasteiger partial charge in [-0.3, -0.25) is 4.98 Å². The molecule has 0 bridgehead atoms. The quantitative estimate of drug-likeness (QED) is 0.855. The average molecular weight is 226 g/mol. The van der Waals surface area contributed by atoms with E-state index in [4.69, 9.17) is 5.73 Å². The summed E-state index contributed by atoms with van der Waals surface area (Å²) < 4.78 is 0. The zero-order valence-corrected chi connectivity index (χ0v) is 10.0. The van der Waals surface area contributed by atoms with Crippen LogP contribution in [0.15, 0.2) is 36.5 Å². The highest BCUT2D eigenvalue weighted by atomic mass is 14.7. The third-order valence-corrected chi connectivity index (χ3v) is 4.15. The Bertz CT molecular complexity index is 527. The van der Waals surface area contributed by atoms with Crippen LogP contribution in [0, 0.1) is 0 Å². The fourth-order valence-corrected chi connectivity index (χ4v) is 3.02. The molecule has 1 aliphatic carbocycles. The van der Waals surface area contributed by atoms with E-state index in [1.807, 2.05) is 12.3 Å². The summed E-state index contributed by atoms with van der Waals surface area (Å²) in [5.74, 6) is 0. The molecular formula is C15H18N2. The summed E-state index contributed by atoms with van der Waals surface area (Å²) in [4.78, 5) is 4.56. The molecule has 2 nitrogen and oxygen atoms in total. The Morgan fingerprint density at radius 1 is 1.18 bits per heavy atom. The molecule has 0 saturated heterocycles. The smallest absolute Gasteiger partial charge is 0.0702 e. The van der Waals surface area contributed by atoms with Crippen LogP contribution in [0.4, 0.5) is 0 Å².